The van der Waals surface area contributed by atoms with E-state index in [-0.39, 0.29) is 17.8 Å². The number of anilines is 1. The minimum absolute atomic E-state index is 0.0157. The molecule has 1 unspecified atom stereocenters. The lowest BCUT2D eigenvalue weighted by Crippen LogP contribution is -2.50. The summed E-state index contributed by atoms with van der Waals surface area (Å²) in [5.41, 5.74) is -0.0285. The second-order valence-electron chi connectivity index (χ2n) is 6.95. The van der Waals surface area contributed by atoms with Crippen LogP contribution in [0.2, 0.25) is 0 Å². The summed E-state index contributed by atoms with van der Waals surface area (Å²) in [5.74, 6) is 0. The van der Waals surface area contributed by atoms with Gasteiger partial charge in [0.25, 0.3) is 0 Å². The molecule has 2 heterocycles. The van der Waals surface area contributed by atoms with Crippen LogP contribution in [0.4, 0.5) is 16.2 Å². The largest absolute Gasteiger partial charge is 0.444 e. The van der Waals surface area contributed by atoms with E-state index in [0.29, 0.717) is 18.8 Å². The highest BCUT2D eigenvalue weighted by atomic mass is 16.6. The van der Waals surface area contributed by atoms with E-state index in [1.54, 1.807) is 24.2 Å². The molecule has 0 bridgehead atoms. The van der Waals surface area contributed by atoms with Crippen LogP contribution >= 0.6 is 0 Å². The lowest BCUT2D eigenvalue weighted by molar-refractivity contribution is -0.384. The number of pyridine rings is 1. The first-order valence-electron chi connectivity index (χ1n) is 7.98. The maximum Gasteiger partial charge on any atom is 0.410 e. The first-order valence-corrected chi connectivity index (χ1v) is 7.98. The van der Waals surface area contributed by atoms with E-state index >= 15 is 0 Å². The van der Waals surface area contributed by atoms with Crippen molar-refractivity contribution in [2.24, 2.45) is 0 Å². The van der Waals surface area contributed by atoms with Crippen molar-refractivity contribution in [3.05, 3.63) is 28.6 Å². The maximum atomic E-state index is 12.2. The number of aromatic nitrogens is 1. The predicted octanol–water partition coefficient (Wildman–Crippen LogP) is 2.83. The van der Waals surface area contributed by atoms with Crippen molar-refractivity contribution >= 4 is 17.5 Å². The molecule has 1 aliphatic rings. The van der Waals surface area contributed by atoms with Gasteiger partial charge in [0.2, 0.25) is 0 Å². The minimum atomic E-state index is -0.552. The van der Waals surface area contributed by atoms with Crippen LogP contribution in [0.25, 0.3) is 0 Å². The third-order valence-corrected chi connectivity index (χ3v) is 3.94. The van der Waals surface area contributed by atoms with Crippen LogP contribution in [-0.4, -0.2) is 52.7 Å². The summed E-state index contributed by atoms with van der Waals surface area (Å²) in [6.07, 6.45) is 4.11. The van der Waals surface area contributed by atoms with E-state index in [1.165, 1.54) is 6.20 Å². The molecule has 8 heteroatoms. The molecule has 1 fully saturated rings. The lowest BCUT2D eigenvalue weighted by atomic mass is 10.0. The summed E-state index contributed by atoms with van der Waals surface area (Å²) in [6.45, 7) is 6.72. The van der Waals surface area contributed by atoms with Crippen molar-refractivity contribution in [3.63, 3.8) is 0 Å². The molecule has 0 aliphatic carbocycles. The Hall–Kier alpha value is -2.38. The number of ether oxygens (including phenoxy) is 1. The average Bonchev–Trinajstić information content (AvgIpc) is 2.52. The number of rotatable bonds is 3. The number of piperidine rings is 1. The number of hydrogen-bond donors (Lipinski definition) is 0. The summed E-state index contributed by atoms with van der Waals surface area (Å²) >= 11 is 0. The number of nitro groups is 1. The third-order valence-electron chi connectivity index (χ3n) is 3.94. The summed E-state index contributed by atoms with van der Waals surface area (Å²) < 4.78 is 5.41. The Bertz CT molecular complexity index is 614. The molecule has 24 heavy (non-hydrogen) atoms. The summed E-state index contributed by atoms with van der Waals surface area (Å²) in [4.78, 5) is 30.4. The molecule has 1 atom stereocenters. The fourth-order valence-corrected chi connectivity index (χ4v) is 2.76. The lowest BCUT2D eigenvalue weighted by Gasteiger charge is -2.38. The molecule has 0 N–H and O–H groups in total. The first-order chi connectivity index (χ1) is 11.2. The molecule has 1 amide bonds. The maximum absolute atomic E-state index is 12.2. The monoisotopic (exact) mass is 336 g/mol. The van der Waals surface area contributed by atoms with E-state index in [0.717, 1.165) is 12.8 Å². The summed E-state index contributed by atoms with van der Waals surface area (Å²) in [6, 6.07) is 1.59. The molecule has 8 nitrogen and oxygen atoms in total. The Morgan fingerprint density at radius 3 is 2.83 bits per heavy atom. The Balaban J connectivity index is 2.12. The van der Waals surface area contributed by atoms with Crippen molar-refractivity contribution in [3.8, 4) is 0 Å². The fraction of sp³-hybridized carbons (Fsp3) is 0.625. The molecular formula is C16H24N4O4. The highest BCUT2D eigenvalue weighted by Crippen LogP contribution is 2.30. The second kappa shape index (κ2) is 7.02. The second-order valence-corrected chi connectivity index (χ2v) is 6.95. The average molecular weight is 336 g/mol. The van der Waals surface area contributed by atoms with Crippen molar-refractivity contribution in [1.82, 2.24) is 9.88 Å². The fourth-order valence-electron chi connectivity index (χ4n) is 2.76. The standard InChI is InChI=1S/C16H24N4O4/c1-16(2,3)24-15(21)18(4)12-6-5-9-19(11-12)13-7-8-17-10-14(13)20(22)23/h7-8,10,12H,5-6,9,11H2,1-4H3. The van der Waals surface area contributed by atoms with Gasteiger partial charge in [-0.15, -0.1) is 0 Å². The van der Waals surface area contributed by atoms with Gasteiger partial charge in [0.1, 0.15) is 17.5 Å². The van der Waals surface area contributed by atoms with Crippen LogP contribution in [0.15, 0.2) is 18.5 Å². The SMILES string of the molecule is CN(C(=O)OC(C)(C)C)C1CCCN(c2ccncc2[N+](=O)[O-])C1. The summed E-state index contributed by atoms with van der Waals surface area (Å²) in [5, 5.41) is 11.2. The molecular weight excluding hydrogens is 312 g/mol. The summed E-state index contributed by atoms with van der Waals surface area (Å²) in [7, 11) is 1.71. The van der Waals surface area contributed by atoms with Gasteiger partial charge >= 0.3 is 11.8 Å². The number of carbonyl (C=O) groups excluding carboxylic acids is 1. The molecule has 0 spiro atoms. The van der Waals surface area contributed by atoms with Gasteiger partial charge in [-0.1, -0.05) is 0 Å². The highest BCUT2D eigenvalue weighted by Gasteiger charge is 2.31. The van der Waals surface area contributed by atoms with Crippen molar-refractivity contribution in [1.29, 1.82) is 0 Å². The molecule has 2 rings (SSSR count). The zero-order chi connectivity index (χ0) is 17.9. The predicted molar refractivity (Wildman–Crippen MR) is 90.1 cm³/mol. The van der Waals surface area contributed by atoms with Crippen LogP contribution in [0.5, 0.6) is 0 Å². The minimum Gasteiger partial charge on any atom is -0.444 e. The van der Waals surface area contributed by atoms with Crippen LogP contribution < -0.4 is 4.90 Å². The number of amides is 1. The molecule has 1 saturated heterocycles. The van der Waals surface area contributed by atoms with Crippen LogP contribution in [0.3, 0.4) is 0 Å². The molecule has 1 aromatic heterocycles. The number of nitrogens with zero attached hydrogens (tertiary/aromatic N) is 4. The van der Waals surface area contributed by atoms with Gasteiger partial charge in [-0.05, 0) is 39.7 Å². The Morgan fingerprint density at radius 1 is 1.50 bits per heavy atom. The molecule has 1 aromatic rings. The van der Waals surface area contributed by atoms with Gasteiger partial charge in [-0.3, -0.25) is 15.1 Å². The van der Waals surface area contributed by atoms with Crippen molar-refractivity contribution < 1.29 is 14.5 Å². The zero-order valence-electron chi connectivity index (χ0n) is 14.6. The van der Waals surface area contributed by atoms with Gasteiger partial charge in [0, 0.05) is 26.3 Å². The number of carbonyl (C=O) groups is 1. The van der Waals surface area contributed by atoms with Crippen molar-refractivity contribution in [2.75, 3.05) is 25.0 Å². The molecule has 0 aromatic carbocycles. The van der Waals surface area contributed by atoms with E-state index in [2.05, 4.69) is 4.98 Å². The van der Waals surface area contributed by atoms with Crippen molar-refractivity contribution in [2.45, 2.75) is 45.3 Å². The molecule has 132 valence electrons. The zero-order valence-corrected chi connectivity index (χ0v) is 14.6. The Labute approximate surface area is 141 Å². The highest BCUT2D eigenvalue weighted by molar-refractivity contribution is 5.68. The normalized spacial score (nSPS) is 18.2. The van der Waals surface area contributed by atoms with Gasteiger partial charge in [-0.2, -0.15) is 0 Å². The van der Waals surface area contributed by atoms with Crippen LogP contribution in [0, 0.1) is 10.1 Å². The van der Waals surface area contributed by atoms with E-state index in [4.69, 9.17) is 4.74 Å². The Morgan fingerprint density at radius 2 is 2.21 bits per heavy atom. The first kappa shape index (κ1) is 18.0. The topological polar surface area (TPSA) is 88.8 Å². The quantitative estimate of drug-likeness (QED) is 0.623. The van der Waals surface area contributed by atoms with E-state index < -0.39 is 10.5 Å². The Kier molecular flexibility index (Phi) is 5.26. The van der Waals surface area contributed by atoms with Gasteiger partial charge < -0.3 is 14.5 Å². The van der Waals surface area contributed by atoms with Gasteiger partial charge in [0.15, 0.2) is 0 Å². The van der Waals surface area contributed by atoms with Crippen LogP contribution in [-0.2, 0) is 4.74 Å². The smallest absolute Gasteiger partial charge is 0.410 e. The third kappa shape index (κ3) is 4.33. The number of likely N-dealkylation sites (N-methyl/N-ethyl adjacent to an activating group) is 1. The van der Waals surface area contributed by atoms with E-state index in [1.807, 2.05) is 25.7 Å². The number of hydrogen-bond acceptors (Lipinski definition) is 6. The van der Waals surface area contributed by atoms with Gasteiger partial charge in [0.05, 0.1) is 11.0 Å². The van der Waals surface area contributed by atoms with Crippen LogP contribution in [0.1, 0.15) is 33.6 Å². The molecule has 0 saturated carbocycles. The van der Waals surface area contributed by atoms with Gasteiger partial charge in [-0.25, -0.2) is 4.79 Å². The molecule has 0 radical (unpaired) electrons. The molecule has 1 aliphatic heterocycles. The van der Waals surface area contributed by atoms with E-state index in [9.17, 15) is 14.9 Å².